The molecule has 1 aromatic carbocycles. The number of hydrogen-bond acceptors (Lipinski definition) is 3. The molecule has 0 aliphatic rings. The summed E-state index contributed by atoms with van der Waals surface area (Å²) in [5, 5.41) is 11.7. The molecule has 0 bridgehead atoms. The topological polar surface area (TPSA) is 62.2 Å². The average molecular weight is 296 g/mol. The molecule has 0 saturated heterocycles. The van der Waals surface area contributed by atoms with Crippen molar-refractivity contribution >= 4 is 5.91 Å². The van der Waals surface area contributed by atoms with Crippen LogP contribution in [0.3, 0.4) is 0 Å². The van der Waals surface area contributed by atoms with Crippen LogP contribution < -0.4 is 5.32 Å². The summed E-state index contributed by atoms with van der Waals surface area (Å²) in [7, 11) is 0. The van der Waals surface area contributed by atoms with E-state index in [4.69, 9.17) is 5.11 Å². The van der Waals surface area contributed by atoms with Crippen molar-refractivity contribution in [1.82, 2.24) is 10.3 Å². The van der Waals surface area contributed by atoms with Crippen LogP contribution in [0.5, 0.6) is 5.75 Å². The fraction of sp³-hybridized carbons (Fsp3) is 0.143. The summed E-state index contributed by atoms with van der Waals surface area (Å²) in [5.41, 5.74) is -0.250. The predicted octanol–water partition coefficient (Wildman–Crippen LogP) is 2.74. The van der Waals surface area contributed by atoms with E-state index in [-0.39, 0.29) is 17.9 Å². The number of phenolic OH excluding ortho intramolecular Hbond substituents is 1. The molecule has 1 heterocycles. The summed E-state index contributed by atoms with van der Waals surface area (Å²) < 4.78 is 37.0. The minimum absolute atomic E-state index is 0.0433. The maximum atomic E-state index is 12.3. The molecule has 0 atom stereocenters. The van der Waals surface area contributed by atoms with Crippen molar-refractivity contribution in [3.63, 3.8) is 0 Å². The van der Waals surface area contributed by atoms with Gasteiger partial charge in [0.05, 0.1) is 5.56 Å². The smallest absolute Gasteiger partial charge is 0.433 e. The largest absolute Gasteiger partial charge is 0.508 e. The van der Waals surface area contributed by atoms with Crippen molar-refractivity contribution in [2.45, 2.75) is 12.7 Å². The van der Waals surface area contributed by atoms with Crippen molar-refractivity contribution in [3.8, 4) is 5.75 Å². The first-order valence-corrected chi connectivity index (χ1v) is 5.95. The van der Waals surface area contributed by atoms with Gasteiger partial charge in [-0.05, 0) is 29.8 Å². The van der Waals surface area contributed by atoms with E-state index in [1.165, 1.54) is 12.1 Å². The van der Waals surface area contributed by atoms with Crippen molar-refractivity contribution in [2.75, 3.05) is 0 Å². The number of nitrogens with one attached hydrogen (secondary N) is 1. The van der Waals surface area contributed by atoms with Crippen LogP contribution in [-0.4, -0.2) is 16.0 Å². The number of aromatic hydroxyl groups is 1. The van der Waals surface area contributed by atoms with Crippen molar-refractivity contribution in [1.29, 1.82) is 0 Å². The first kappa shape index (κ1) is 14.8. The summed E-state index contributed by atoms with van der Waals surface area (Å²) in [4.78, 5) is 15.0. The number of aromatic nitrogens is 1. The van der Waals surface area contributed by atoms with Gasteiger partial charge < -0.3 is 10.4 Å². The molecule has 0 saturated carbocycles. The number of carbonyl (C=O) groups excluding carboxylic acids is 1. The van der Waals surface area contributed by atoms with Crippen LogP contribution in [-0.2, 0) is 12.7 Å². The van der Waals surface area contributed by atoms with Gasteiger partial charge in [-0.25, -0.2) is 0 Å². The van der Waals surface area contributed by atoms with Crippen molar-refractivity contribution < 1.29 is 23.1 Å². The number of amides is 1. The van der Waals surface area contributed by atoms with E-state index in [0.717, 1.165) is 23.9 Å². The van der Waals surface area contributed by atoms with Gasteiger partial charge in [-0.2, -0.15) is 13.2 Å². The molecule has 1 aromatic heterocycles. The van der Waals surface area contributed by atoms with Gasteiger partial charge in [0, 0.05) is 12.7 Å². The van der Waals surface area contributed by atoms with Crippen molar-refractivity contribution in [3.05, 3.63) is 59.4 Å². The number of carbonyl (C=O) groups is 1. The first-order valence-electron chi connectivity index (χ1n) is 5.95. The number of nitrogens with zero attached hydrogens (tertiary/aromatic N) is 1. The van der Waals surface area contributed by atoms with E-state index in [1.807, 2.05) is 0 Å². The van der Waals surface area contributed by atoms with Crippen LogP contribution in [0.1, 0.15) is 21.6 Å². The average Bonchev–Trinajstić information content (AvgIpc) is 2.45. The van der Waals surface area contributed by atoms with E-state index < -0.39 is 17.8 Å². The molecule has 2 rings (SSSR count). The lowest BCUT2D eigenvalue weighted by Crippen LogP contribution is -2.23. The Morgan fingerprint density at radius 2 is 1.81 bits per heavy atom. The van der Waals surface area contributed by atoms with E-state index >= 15 is 0 Å². The number of hydrogen-bond donors (Lipinski definition) is 2. The maximum absolute atomic E-state index is 12.3. The van der Waals surface area contributed by atoms with Gasteiger partial charge in [0.15, 0.2) is 0 Å². The molecule has 0 aliphatic heterocycles. The van der Waals surface area contributed by atoms with E-state index in [9.17, 15) is 18.0 Å². The molecule has 4 nitrogen and oxygen atoms in total. The molecule has 21 heavy (non-hydrogen) atoms. The molecule has 110 valence electrons. The third-order valence-corrected chi connectivity index (χ3v) is 2.71. The second kappa shape index (κ2) is 5.82. The normalized spacial score (nSPS) is 11.2. The van der Waals surface area contributed by atoms with E-state index in [2.05, 4.69) is 10.3 Å². The zero-order valence-electron chi connectivity index (χ0n) is 10.7. The molecule has 7 heteroatoms. The van der Waals surface area contributed by atoms with Gasteiger partial charge in [0.1, 0.15) is 11.4 Å². The number of benzene rings is 1. The third kappa shape index (κ3) is 3.95. The van der Waals surface area contributed by atoms with Crippen molar-refractivity contribution in [2.24, 2.45) is 0 Å². The Kier molecular flexibility index (Phi) is 4.11. The molecule has 1 amide bonds. The summed E-state index contributed by atoms with van der Waals surface area (Å²) in [6.45, 7) is 0.195. The number of phenols is 1. The zero-order valence-corrected chi connectivity index (χ0v) is 10.7. The summed E-state index contributed by atoms with van der Waals surface area (Å²) >= 11 is 0. The maximum Gasteiger partial charge on any atom is 0.433 e. The van der Waals surface area contributed by atoms with E-state index in [1.54, 1.807) is 12.1 Å². The summed E-state index contributed by atoms with van der Waals surface area (Å²) in [6.07, 6.45) is -3.64. The number of pyridine rings is 1. The fourth-order valence-corrected chi connectivity index (χ4v) is 1.59. The highest BCUT2D eigenvalue weighted by Gasteiger charge is 2.32. The molecule has 0 aliphatic carbocycles. The second-order valence-corrected chi connectivity index (χ2v) is 4.28. The molecule has 0 radical (unpaired) electrons. The van der Waals surface area contributed by atoms with Gasteiger partial charge >= 0.3 is 6.18 Å². The molecule has 2 aromatic rings. The molecular formula is C14H11F3N2O2. The Balaban J connectivity index is 1.99. The van der Waals surface area contributed by atoms with Gasteiger partial charge in [-0.15, -0.1) is 0 Å². The Hall–Kier alpha value is -2.57. The Morgan fingerprint density at radius 1 is 1.14 bits per heavy atom. The fourth-order valence-electron chi connectivity index (χ4n) is 1.59. The molecule has 0 spiro atoms. The van der Waals surface area contributed by atoms with Crippen LogP contribution in [0.25, 0.3) is 0 Å². The van der Waals surface area contributed by atoms with Gasteiger partial charge in [0.25, 0.3) is 5.91 Å². The summed E-state index contributed by atoms with van der Waals surface area (Å²) in [6, 6.07) is 8.03. The third-order valence-electron chi connectivity index (χ3n) is 2.71. The standard InChI is InChI=1S/C14H11F3N2O2/c15-14(16,17)12-6-3-10(8-18-12)13(21)19-7-9-1-4-11(20)5-2-9/h1-6,8,20H,7H2,(H,19,21). The molecule has 0 unspecified atom stereocenters. The number of alkyl halides is 3. The van der Waals surface area contributed by atoms with Gasteiger partial charge in [-0.1, -0.05) is 12.1 Å². The first-order chi connectivity index (χ1) is 9.86. The number of rotatable bonds is 3. The highest BCUT2D eigenvalue weighted by atomic mass is 19.4. The van der Waals surface area contributed by atoms with Crippen LogP contribution in [0.15, 0.2) is 42.6 Å². The predicted molar refractivity (Wildman–Crippen MR) is 68.5 cm³/mol. The molecular weight excluding hydrogens is 285 g/mol. The minimum atomic E-state index is -4.53. The van der Waals surface area contributed by atoms with Crippen LogP contribution in [0.2, 0.25) is 0 Å². The van der Waals surface area contributed by atoms with Crippen LogP contribution >= 0.6 is 0 Å². The lowest BCUT2D eigenvalue weighted by molar-refractivity contribution is -0.141. The van der Waals surface area contributed by atoms with Gasteiger partial charge in [-0.3, -0.25) is 9.78 Å². The van der Waals surface area contributed by atoms with Crippen LogP contribution in [0, 0.1) is 0 Å². The summed E-state index contributed by atoms with van der Waals surface area (Å²) in [5.74, 6) is -0.415. The zero-order chi connectivity index (χ0) is 15.5. The monoisotopic (exact) mass is 296 g/mol. The van der Waals surface area contributed by atoms with E-state index in [0.29, 0.717) is 0 Å². The minimum Gasteiger partial charge on any atom is -0.508 e. The molecule has 2 N–H and O–H groups in total. The van der Waals surface area contributed by atoms with Gasteiger partial charge in [0.2, 0.25) is 0 Å². The van der Waals surface area contributed by atoms with Crippen LogP contribution in [0.4, 0.5) is 13.2 Å². The number of halogens is 3. The lowest BCUT2D eigenvalue weighted by atomic mass is 10.2. The quantitative estimate of drug-likeness (QED) is 0.915. The Labute approximate surface area is 118 Å². The molecule has 0 fully saturated rings. The highest BCUT2D eigenvalue weighted by Crippen LogP contribution is 2.27. The Bertz CT molecular complexity index is 622. The lowest BCUT2D eigenvalue weighted by Gasteiger charge is -2.07. The highest BCUT2D eigenvalue weighted by molar-refractivity contribution is 5.93. The Morgan fingerprint density at radius 3 is 2.33 bits per heavy atom. The second-order valence-electron chi connectivity index (χ2n) is 4.28. The SMILES string of the molecule is O=C(NCc1ccc(O)cc1)c1ccc(C(F)(F)F)nc1.